The van der Waals surface area contributed by atoms with E-state index in [2.05, 4.69) is 13.8 Å². The molecule has 0 saturated carbocycles. The van der Waals surface area contributed by atoms with Crippen LogP contribution < -0.4 is 11.5 Å². The van der Waals surface area contributed by atoms with Gasteiger partial charge in [0.15, 0.2) is 0 Å². The van der Waals surface area contributed by atoms with Gasteiger partial charge >= 0.3 is 0 Å². The van der Waals surface area contributed by atoms with Gasteiger partial charge in [0.2, 0.25) is 0 Å². The quantitative estimate of drug-likeness (QED) is 0.0613. The summed E-state index contributed by atoms with van der Waals surface area (Å²) in [6, 6.07) is 0. The van der Waals surface area contributed by atoms with Crippen LogP contribution in [0.2, 0.25) is 0 Å². The Balaban J connectivity index is 0. The Hall–Kier alpha value is -5.40. The molecule has 2 atom stereocenters. The summed E-state index contributed by atoms with van der Waals surface area (Å²) in [6.45, 7) is 13.7. The zero-order chi connectivity index (χ0) is 54.0. The van der Waals surface area contributed by atoms with Gasteiger partial charge in [-0.05, 0) is 45.1 Å². The number of nitrogens with two attached hydrogens (primary N) is 2. The van der Waals surface area contributed by atoms with Crippen molar-refractivity contribution in [1.29, 1.82) is 0 Å². The van der Waals surface area contributed by atoms with E-state index in [9.17, 15) is 64.8 Å². The van der Waals surface area contributed by atoms with Gasteiger partial charge in [0.05, 0.1) is 5.25 Å². The zero-order valence-electron chi connectivity index (χ0n) is 41.3. The minimum absolute atomic E-state index is 0.0756. The first-order chi connectivity index (χ1) is 32.8. The van der Waals surface area contributed by atoms with Crippen LogP contribution in [-0.2, 0) is 68.2 Å². The lowest BCUT2D eigenvalue weighted by Crippen LogP contribution is -2.33. The molecule has 0 fully saturated rings. The molecule has 70 heavy (non-hydrogen) atoms. The highest BCUT2D eigenvalue weighted by Crippen LogP contribution is 2.14. The third kappa shape index (κ3) is 28.3. The fourth-order valence-electron chi connectivity index (χ4n) is 5.90. The summed E-state index contributed by atoms with van der Waals surface area (Å²) < 4.78 is 59.8. The molecule has 0 radical (unpaired) electrons. The second-order valence-corrected chi connectivity index (χ2v) is 19.1. The number of imide groups is 4. The maximum atomic E-state index is 11.7. The predicted molar refractivity (Wildman–Crippen MR) is 261 cm³/mol. The first-order valence-electron chi connectivity index (χ1n) is 23.4. The minimum Gasteiger partial charge on any atom is -0.330 e. The van der Waals surface area contributed by atoms with Crippen LogP contribution in [0.25, 0.3) is 0 Å². The number of carbonyl (C=O) groups excluding carboxylic acids is 10. The third-order valence-electron chi connectivity index (χ3n) is 9.78. The van der Waals surface area contributed by atoms with E-state index in [0.29, 0.717) is 38.8 Å². The Morgan fingerprint density at radius 1 is 0.457 bits per heavy atom. The number of carbonyl (C=O) groups is 10. The van der Waals surface area contributed by atoms with E-state index in [1.54, 1.807) is 13.8 Å². The average molecular weight is 1030 g/mol. The SMILES string of the molecule is CCCC(CC(=O)CCN1C(=O)C=CC1=O)S(=O)(=O)O.CCCC(N)S(=O)(=O)O.CCCCCC(=O)CCN1C(=O)C=CC1=O.CCCCN.CCCN1C(=O)C=CC1=O.CCCN1C(=O)C=CC1=O. The molecule has 4 rings (SSSR count). The molecule has 0 aromatic heterocycles. The molecular weight excluding hydrogens is 957 g/mol. The lowest BCUT2D eigenvalue weighted by Gasteiger charge is -2.15. The highest BCUT2D eigenvalue weighted by atomic mass is 32.2. The zero-order valence-corrected chi connectivity index (χ0v) is 42.9. The normalized spacial score (nSPS) is 15.7. The maximum absolute atomic E-state index is 11.7. The van der Waals surface area contributed by atoms with Crippen LogP contribution in [0, 0.1) is 0 Å². The van der Waals surface area contributed by atoms with E-state index in [1.165, 1.54) is 59.1 Å². The fourth-order valence-corrected chi connectivity index (χ4v) is 7.36. The van der Waals surface area contributed by atoms with Crippen molar-refractivity contribution in [3.63, 3.8) is 0 Å². The lowest BCUT2D eigenvalue weighted by atomic mass is 10.1. The molecule has 0 spiro atoms. The van der Waals surface area contributed by atoms with Gasteiger partial charge in [-0.25, -0.2) is 0 Å². The smallest absolute Gasteiger partial charge is 0.280 e. The average Bonchev–Trinajstić information content (AvgIpc) is 4.01. The molecule has 2 unspecified atom stereocenters. The predicted octanol–water partition coefficient (Wildman–Crippen LogP) is 3.12. The summed E-state index contributed by atoms with van der Waals surface area (Å²) in [4.78, 5) is 116. The largest absolute Gasteiger partial charge is 0.330 e. The van der Waals surface area contributed by atoms with E-state index in [1.807, 2.05) is 13.8 Å². The number of ketones is 2. The van der Waals surface area contributed by atoms with Gasteiger partial charge in [-0.15, -0.1) is 0 Å². The number of amides is 8. The number of Topliss-reactive ketones (excluding diaryl/α,β-unsaturated/α-hetero) is 2. The second kappa shape index (κ2) is 36.5. The number of unbranched alkanes of at least 4 members (excludes halogenated alkanes) is 3. The van der Waals surface area contributed by atoms with Crippen molar-refractivity contribution < 1.29 is 73.9 Å². The van der Waals surface area contributed by atoms with E-state index in [-0.39, 0.29) is 80.0 Å². The number of nitrogens with zero attached hydrogens (tertiary/aromatic N) is 4. The number of rotatable bonds is 24. The molecule has 24 heteroatoms. The third-order valence-corrected chi connectivity index (χ3v) is 12.0. The molecule has 8 amide bonds. The van der Waals surface area contributed by atoms with Gasteiger partial charge in [-0.1, -0.05) is 73.6 Å². The van der Waals surface area contributed by atoms with Crippen molar-refractivity contribution in [2.24, 2.45) is 11.5 Å². The van der Waals surface area contributed by atoms with Crippen LogP contribution in [0.3, 0.4) is 0 Å². The Labute approximate surface area is 412 Å². The topological polar surface area (TPSA) is 344 Å². The molecule has 4 heterocycles. The summed E-state index contributed by atoms with van der Waals surface area (Å²) in [6.07, 6.45) is 19.1. The molecule has 0 saturated heterocycles. The molecule has 4 aliphatic heterocycles. The highest BCUT2D eigenvalue weighted by molar-refractivity contribution is 7.86. The molecule has 4 aliphatic rings. The Bertz CT molecular complexity index is 2000. The number of hydrogen-bond acceptors (Lipinski definition) is 16. The second-order valence-electron chi connectivity index (χ2n) is 15.8. The van der Waals surface area contributed by atoms with E-state index >= 15 is 0 Å². The summed E-state index contributed by atoms with van der Waals surface area (Å²) in [5.41, 5.74) is 10.2. The van der Waals surface area contributed by atoms with Crippen LogP contribution in [0.4, 0.5) is 0 Å². The van der Waals surface area contributed by atoms with Crippen LogP contribution in [0.5, 0.6) is 0 Å². The highest BCUT2D eigenvalue weighted by Gasteiger charge is 2.28. The van der Waals surface area contributed by atoms with Crippen molar-refractivity contribution >= 4 is 79.1 Å². The Morgan fingerprint density at radius 3 is 1.03 bits per heavy atom. The lowest BCUT2D eigenvalue weighted by molar-refractivity contribution is -0.139. The standard InChI is InChI=1S/C12H17NO6S.C12H17NO3.2C7H9NO2.C4H11NO3S.C4H11N/c1-2-3-10(20(17,18)19)8-9(14)6-7-13-11(15)4-5-12(13)16;1-2-3-4-5-10(14)8-9-13-11(15)6-7-12(13)16;2*1-2-5-8-6(9)3-4-7(8)10;1-2-3-4(5)9(6,7)8;1-2-3-4-5/h4-5,10H,2-3,6-8H2,1H3,(H,17,18,19);6-7H,2-5,8-9H2,1H3;2*3-4H,2,5H2,1H3;4H,2-3,5H2,1H3,(H,6,7,8);2-5H2,1H3. The van der Waals surface area contributed by atoms with Gasteiger partial charge in [0.1, 0.15) is 16.9 Å². The first kappa shape index (κ1) is 66.7. The molecule has 0 aliphatic carbocycles. The fraction of sp³-hybridized carbons (Fsp3) is 0.609. The molecule has 0 aromatic rings. The molecular formula is C46H74N6O16S2. The summed E-state index contributed by atoms with van der Waals surface area (Å²) in [7, 11) is -8.25. The van der Waals surface area contributed by atoms with Crippen molar-refractivity contribution in [2.75, 3.05) is 32.7 Å². The minimum atomic E-state index is -4.26. The number of hydrogen-bond donors (Lipinski definition) is 4. The van der Waals surface area contributed by atoms with Crippen LogP contribution >= 0.6 is 0 Å². The van der Waals surface area contributed by atoms with Crippen LogP contribution in [0.1, 0.15) is 138 Å². The Morgan fingerprint density at radius 2 is 0.786 bits per heavy atom. The molecule has 6 N–H and O–H groups in total. The molecule has 0 bridgehead atoms. The van der Waals surface area contributed by atoms with Crippen LogP contribution in [0.15, 0.2) is 48.6 Å². The van der Waals surface area contributed by atoms with Gasteiger partial charge < -0.3 is 11.5 Å². The van der Waals surface area contributed by atoms with Crippen molar-refractivity contribution in [3.8, 4) is 0 Å². The summed E-state index contributed by atoms with van der Waals surface area (Å²) >= 11 is 0. The van der Waals surface area contributed by atoms with Crippen LogP contribution in [-0.4, -0.2) is 148 Å². The van der Waals surface area contributed by atoms with Crippen molar-refractivity contribution in [3.05, 3.63) is 48.6 Å². The van der Waals surface area contributed by atoms with Gasteiger partial charge in [0, 0.05) is 100 Å². The van der Waals surface area contributed by atoms with Gasteiger partial charge in [-0.2, -0.15) is 16.8 Å². The molecule has 22 nitrogen and oxygen atoms in total. The van der Waals surface area contributed by atoms with Crippen molar-refractivity contribution in [2.45, 2.75) is 148 Å². The summed E-state index contributed by atoms with van der Waals surface area (Å²) in [5.74, 6) is -2.63. The molecule has 0 aromatic carbocycles. The van der Waals surface area contributed by atoms with Gasteiger partial charge in [0.25, 0.3) is 67.5 Å². The monoisotopic (exact) mass is 1030 g/mol. The van der Waals surface area contributed by atoms with Gasteiger partial charge in [-0.3, -0.25) is 76.7 Å². The summed E-state index contributed by atoms with van der Waals surface area (Å²) in [5, 5.41) is -2.23. The Kier molecular flexibility index (Phi) is 34.8. The van der Waals surface area contributed by atoms with E-state index in [4.69, 9.17) is 20.6 Å². The van der Waals surface area contributed by atoms with Crippen molar-refractivity contribution in [1.82, 2.24) is 19.6 Å². The van der Waals surface area contributed by atoms with E-state index in [0.717, 1.165) is 60.6 Å². The van der Waals surface area contributed by atoms with E-state index < -0.39 is 48.5 Å². The molecule has 396 valence electrons. The maximum Gasteiger partial charge on any atom is 0.280 e. The first-order valence-corrected chi connectivity index (χ1v) is 26.4.